The molecular formula is C14H16FN3. The normalized spacial score (nSPS) is 14.8. The minimum absolute atomic E-state index is 0.223. The smallest absolute Gasteiger partial charge is 0.207 e. The van der Waals surface area contributed by atoms with Crippen LogP contribution in [0.15, 0.2) is 24.4 Å². The maximum Gasteiger partial charge on any atom is 0.207 e. The zero-order valence-electron chi connectivity index (χ0n) is 10.6. The Bertz CT molecular complexity index is 585. The lowest BCUT2D eigenvalue weighted by Gasteiger charge is -2.11. The molecule has 1 heterocycles. The molecule has 1 aliphatic carbocycles. The van der Waals surface area contributed by atoms with Crippen molar-refractivity contribution in [2.75, 3.05) is 5.32 Å². The van der Waals surface area contributed by atoms with E-state index in [1.165, 1.54) is 18.9 Å². The van der Waals surface area contributed by atoms with Crippen molar-refractivity contribution in [1.82, 2.24) is 9.55 Å². The van der Waals surface area contributed by atoms with E-state index in [1.807, 2.05) is 24.6 Å². The van der Waals surface area contributed by atoms with Crippen molar-refractivity contribution in [2.24, 2.45) is 0 Å². The van der Waals surface area contributed by atoms with E-state index in [0.717, 1.165) is 22.9 Å². The Balaban J connectivity index is 2.06. The number of aryl methyl sites for hydroxylation is 2. The highest BCUT2D eigenvalue weighted by molar-refractivity contribution is 5.48. The molecule has 18 heavy (non-hydrogen) atoms. The largest absolute Gasteiger partial charge is 0.353 e. The fraction of sp³-hybridized carbons (Fsp3) is 0.357. The second kappa shape index (κ2) is 4.12. The Hall–Kier alpha value is -1.84. The van der Waals surface area contributed by atoms with Crippen molar-refractivity contribution in [2.45, 2.75) is 32.7 Å². The Labute approximate surface area is 106 Å². The third-order valence-electron chi connectivity index (χ3n) is 3.17. The van der Waals surface area contributed by atoms with Crippen LogP contribution in [0.1, 0.15) is 24.1 Å². The van der Waals surface area contributed by atoms with Gasteiger partial charge in [0.05, 0.1) is 11.4 Å². The Kier molecular flexibility index (Phi) is 2.58. The first-order chi connectivity index (χ1) is 8.63. The van der Waals surface area contributed by atoms with Gasteiger partial charge >= 0.3 is 0 Å². The molecule has 0 unspecified atom stereocenters. The summed E-state index contributed by atoms with van der Waals surface area (Å²) in [7, 11) is 0. The van der Waals surface area contributed by atoms with Crippen LogP contribution in [0, 0.1) is 19.7 Å². The van der Waals surface area contributed by atoms with Crippen LogP contribution in [0.3, 0.4) is 0 Å². The average molecular weight is 245 g/mol. The number of anilines is 1. The number of rotatable bonds is 3. The summed E-state index contributed by atoms with van der Waals surface area (Å²) >= 11 is 0. The molecule has 0 amide bonds. The average Bonchev–Trinajstić information content (AvgIpc) is 3.05. The van der Waals surface area contributed by atoms with Crippen LogP contribution in [0.2, 0.25) is 0 Å². The molecule has 4 heteroatoms. The monoisotopic (exact) mass is 245 g/mol. The SMILES string of the molecule is Cc1cn(-c2cc(F)ccc2C)c(NC2CC2)n1. The number of nitrogens with one attached hydrogen (secondary N) is 1. The molecule has 1 aromatic heterocycles. The van der Waals surface area contributed by atoms with Gasteiger partial charge in [-0.15, -0.1) is 0 Å². The lowest BCUT2D eigenvalue weighted by atomic mass is 10.2. The van der Waals surface area contributed by atoms with E-state index in [0.29, 0.717) is 6.04 Å². The van der Waals surface area contributed by atoms with Gasteiger partial charge in [-0.1, -0.05) is 6.07 Å². The van der Waals surface area contributed by atoms with Crippen molar-refractivity contribution in [3.8, 4) is 5.69 Å². The van der Waals surface area contributed by atoms with Crippen LogP contribution in [-0.2, 0) is 0 Å². The molecule has 0 bridgehead atoms. The predicted molar refractivity (Wildman–Crippen MR) is 69.6 cm³/mol. The molecule has 0 saturated heterocycles. The third kappa shape index (κ3) is 2.10. The Morgan fingerprint density at radius 3 is 2.83 bits per heavy atom. The van der Waals surface area contributed by atoms with Gasteiger partial charge in [-0.2, -0.15) is 0 Å². The van der Waals surface area contributed by atoms with Crippen molar-refractivity contribution < 1.29 is 4.39 Å². The molecule has 1 aromatic carbocycles. The van der Waals surface area contributed by atoms with Gasteiger partial charge in [0.15, 0.2) is 0 Å². The zero-order chi connectivity index (χ0) is 12.7. The van der Waals surface area contributed by atoms with Crippen LogP contribution in [0.25, 0.3) is 5.69 Å². The molecular weight excluding hydrogens is 229 g/mol. The molecule has 1 N–H and O–H groups in total. The highest BCUT2D eigenvalue weighted by Gasteiger charge is 2.23. The van der Waals surface area contributed by atoms with E-state index in [1.54, 1.807) is 12.1 Å². The molecule has 3 nitrogen and oxygen atoms in total. The molecule has 3 rings (SSSR count). The van der Waals surface area contributed by atoms with Crippen LogP contribution in [0.4, 0.5) is 10.3 Å². The first kappa shape index (κ1) is 11.3. The third-order valence-corrected chi connectivity index (χ3v) is 3.17. The van der Waals surface area contributed by atoms with Crippen LogP contribution in [-0.4, -0.2) is 15.6 Å². The second-order valence-corrected chi connectivity index (χ2v) is 4.93. The molecule has 1 saturated carbocycles. The Morgan fingerprint density at radius 2 is 2.11 bits per heavy atom. The maximum absolute atomic E-state index is 13.4. The van der Waals surface area contributed by atoms with Gasteiger partial charge in [0, 0.05) is 12.2 Å². The quantitative estimate of drug-likeness (QED) is 0.900. The van der Waals surface area contributed by atoms with E-state index < -0.39 is 0 Å². The first-order valence-corrected chi connectivity index (χ1v) is 6.22. The van der Waals surface area contributed by atoms with E-state index >= 15 is 0 Å². The predicted octanol–water partition coefficient (Wildman–Crippen LogP) is 3.20. The summed E-state index contributed by atoms with van der Waals surface area (Å²) in [5.41, 5.74) is 2.81. The number of imidazole rings is 1. The summed E-state index contributed by atoms with van der Waals surface area (Å²) < 4.78 is 15.3. The maximum atomic E-state index is 13.4. The summed E-state index contributed by atoms with van der Waals surface area (Å²) in [6.07, 6.45) is 4.31. The molecule has 1 aliphatic rings. The van der Waals surface area contributed by atoms with E-state index in [9.17, 15) is 4.39 Å². The molecule has 94 valence electrons. The minimum atomic E-state index is -0.223. The van der Waals surface area contributed by atoms with Gasteiger partial charge in [0.2, 0.25) is 5.95 Å². The number of benzene rings is 1. The number of hydrogen-bond acceptors (Lipinski definition) is 2. The van der Waals surface area contributed by atoms with Crippen molar-refractivity contribution >= 4 is 5.95 Å². The van der Waals surface area contributed by atoms with Crippen molar-refractivity contribution in [3.63, 3.8) is 0 Å². The molecule has 0 radical (unpaired) electrons. The van der Waals surface area contributed by atoms with Gasteiger partial charge in [-0.05, 0) is 44.4 Å². The number of aromatic nitrogens is 2. The van der Waals surface area contributed by atoms with Gasteiger partial charge in [0.1, 0.15) is 5.82 Å². The van der Waals surface area contributed by atoms with Crippen LogP contribution < -0.4 is 5.32 Å². The van der Waals surface area contributed by atoms with E-state index in [-0.39, 0.29) is 5.82 Å². The molecule has 0 atom stereocenters. The first-order valence-electron chi connectivity index (χ1n) is 6.22. The van der Waals surface area contributed by atoms with Crippen LogP contribution in [0.5, 0.6) is 0 Å². The van der Waals surface area contributed by atoms with Crippen molar-refractivity contribution in [1.29, 1.82) is 0 Å². The topological polar surface area (TPSA) is 29.9 Å². The van der Waals surface area contributed by atoms with Crippen LogP contribution >= 0.6 is 0 Å². The van der Waals surface area contributed by atoms with Crippen molar-refractivity contribution in [3.05, 3.63) is 41.5 Å². The second-order valence-electron chi connectivity index (χ2n) is 4.93. The standard InChI is InChI=1S/C14H16FN3/c1-9-3-4-11(15)7-13(9)18-8-10(2)16-14(18)17-12-5-6-12/h3-4,7-8,12H,5-6H2,1-2H3,(H,16,17). The zero-order valence-corrected chi connectivity index (χ0v) is 10.6. The summed E-state index contributed by atoms with van der Waals surface area (Å²) in [5.74, 6) is 0.586. The fourth-order valence-electron chi connectivity index (χ4n) is 2.04. The lowest BCUT2D eigenvalue weighted by Crippen LogP contribution is -2.08. The minimum Gasteiger partial charge on any atom is -0.353 e. The molecule has 1 fully saturated rings. The van der Waals surface area contributed by atoms with Gasteiger partial charge < -0.3 is 5.32 Å². The molecule has 0 spiro atoms. The number of halogens is 1. The summed E-state index contributed by atoms with van der Waals surface area (Å²) in [6, 6.07) is 5.35. The molecule has 2 aromatic rings. The number of nitrogens with zero attached hydrogens (tertiary/aromatic N) is 2. The van der Waals surface area contributed by atoms with Gasteiger partial charge in [0.25, 0.3) is 0 Å². The Morgan fingerprint density at radius 1 is 1.33 bits per heavy atom. The summed E-state index contributed by atoms with van der Waals surface area (Å²) in [6.45, 7) is 3.92. The highest BCUT2D eigenvalue weighted by Crippen LogP contribution is 2.27. The van der Waals surface area contributed by atoms with E-state index in [4.69, 9.17) is 0 Å². The van der Waals surface area contributed by atoms with Gasteiger partial charge in [-0.25, -0.2) is 9.37 Å². The highest BCUT2D eigenvalue weighted by atomic mass is 19.1. The fourth-order valence-corrected chi connectivity index (χ4v) is 2.04. The number of hydrogen-bond donors (Lipinski definition) is 1. The molecule has 0 aliphatic heterocycles. The van der Waals surface area contributed by atoms with E-state index in [2.05, 4.69) is 10.3 Å². The summed E-state index contributed by atoms with van der Waals surface area (Å²) in [5, 5.41) is 3.38. The lowest BCUT2D eigenvalue weighted by molar-refractivity contribution is 0.626. The summed E-state index contributed by atoms with van der Waals surface area (Å²) in [4.78, 5) is 4.47. The van der Waals surface area contributed by atoms with Gasteiger partial charge in [-0.3, -0.25) is 4.57 Å².